The molecule has 0 saturated carbocycles. The second-order valence-electron chi connectivity index (χ2n) is 10.7. The van der Waals surface area contributed by atoms with Crippen molar-refractivity contribution in [3.8, 4) is 0 Å². The van der Waals surface area contributed by atoms with E-state index in [1.54, 1.807) is 6.08 Å². The molecular weight excluding hydrogens is 464 g/mol. The van der Waals surface area contributed by atoms with Gasteiger partial charge in [-0.2, -0.15) is 0 Å². The van der Waals surface area contributed by atoms with E-state index in [9.17, 15) is 35.4 Å². The molecule has 11 heteroatoms. The van der Waals surface area contributed by atoms with Crippen LogP contribution >= 0.6 is 0 Å². The highest BCUT2D eigenvalue weighted by atomic mass is 16.7. The van der Waals surface area contributed by atoms with Crippen LogP contribution in [0.25, 0.3) is 0 Å². The summed E-state index contributed by atoms with van der Waals surface area (Å²) in [6, 6.07) is 0. The highest BCUT2D eigenvalue weighted by Crippen LogP contribution is 2.42. The average molecular weight is 505 g/mol. The van der Waals surface area contributed by atoms with Gasteiger partial charge in [0, 0.05) is 6.42 Å². The molecular formula is C24H40O11. The fraction of sp³-hybridized carbons (Fsp3) is 0.875. The predicted octanol–water partition coefficient (Wildman–Crippen LogP) is -1.00. The van der Waals surface area contributed by atoms with Crippen LogP contribution in [0.1, 0.15) is 47.0 Å². The Labute approximate surface area is 205 Å². The Balaban J connectivity index is 1.55. The molecule has 35 heavy (non-hydrogen) atoms. The van der Waals surface area contributed by atoms with Crippen molar-refractivity contribution in [1.82, 2.24) is 0 Å². The largest absolute Gasteiger partial charge is 0.388 e. The number of aliphatic hydroxyl groups excluding tert-OH is 6. The Kier molecular flexibility index (Phi) is 9.47. The minimum Gasteiger partial charge on any atom is -0.388 e. The maximum Gasteiger partial charge on any atom is 0.186 e. The Hall–Kier alpha value is -0.990. The van der Waals surface area contributed by atoms with Crippen LogP contribution in [0.4, 0.5) is 0 Å². The Bertz CT molecular complexity index is 756. The quantitative estimate of drug-likeness (QED) is 0.239. The Morgan fingerprint density at radius 1 is 1.03 bits per heavy atom. The van der Waals surface area contributed by atoms with Gasteiger partial charge in [-0.1, -0.05) is 19.4 Å². The lowest BCUT2D eigenvalue weighted by Gasteiger charge is -2.42. The van der Waals surface area contributed by atoms with E-state index in [-0.39, 0.29) is 36.4 Å². The van der Waals surface area contributed by atoms with Gasteiger partial charge in [0.05, 0.1) is 19.3 Å². The smallest absolute Gasteiger partial charge is 0.186 e. The monoisotopic (exact) mass is 504 g/mol. The maximum atomic E-state index is 11.9. The van der Waals surface area contributed by atoms with Crippen LogP contribution in [0, 0.1) is 11.3 Å². The molecule has 0 aromatic heterocycles. The molecule has 11 atom stereocenters. The van der Waals surface area contributed by atoms with Crippen molar-refractivity contribution in [1.29, 1.82) is 0 Å². The van der Waals surface area contributed by atoms with Crippen LogP contribution in [0.15, 0.2) is 11.6 Å². The third-order valence-electron chi connectivity index (χ3n) is 7.29. The molecule has 0 spiro atoms. The number of aliphatic hydroxyl groups is 6. The lowest BCUT2D eigenvalue weighted by molar-refractivity contribution is -0.327. The van der Waals surface area contributed by atoms with Gasteiger partial charge in [-0.3, -0.25) is 4.79 Å². The molecule has 0 radical (unpaired) electrons. The number of ether oxygens (including phenoxy) is 4. The van der Waals surface area contributed by atoms with Crippen molar-refractivity contribution in [2.75, 3.05) is 13.2 Å². The van der Waals surface area contributed by atoms with E-state index in [2.05, 4.69) is 13.8 Å². The van der Waals surface area contributed by atoms with Crippen molar-refractivity contribution in [3.63, 3.8) is 0 Å². The summed E-state index contributed by atoms with van der Waals surface area (Å²) in [5, 5.41) is 60.4. The second-order valence-corrected chi connectivity index (χ2v) is 10.7. The van der Waals surface area contributed by atoms with Crippen molar-refractivity contribution >= 4 is 5.78 Å². The number of hydrogen-bond donors (Lipinski definition) is 6. The molecule has 2 aliphatic heterocycles. The molecule has 2 saturated heterocycles. The zero-order chi connectivity index (χ0) is 26.1. The molecule has 2 heterocycles. The second kappa shape index (κ2) is 11.6. The fourth-order valence-corrected chi connectivity index (χ4v) is 5.19. The molecule has 1 aliphatic carbocycles. The summed E-state index contributed by atoms with van der Waals surface area (Å²) in [4.78, 5) is 11.9. The maximum absolute atomic E-state index is 11.9. The molecule has 0 amide bonds. The van der Waals surface area contributed by atoms with Crippen LogP contribution in [-0.2, 0) is 23.7 Å². The molecule has 0 unspecified atom stereocenters. The van der Waals surface area contributed by atoms with Crippen molar-refractivity contribution < 1.29 is 54.4 Å². The molecule has 3 aliphatic rings. The Morgan fingerprint density at radius 3 is 2.34 bits per heavy atom. The summed E-state index contributed by atoms with van der Waals surface area (Å²) in [7, 11) is 0. The number of rotatable bonds is 8. The van der Waals surface area contributed by atoms with Crippen molar-refractivity contribution in [3.05, 3.63) is 11.6 Å². The van der Waals surface area contributed by atoms with Crippen molar-refractivity contribution in [2.45, 2.75) is 108 Å². The van der Waals surface area contributed by atoms with Crippen LogP contribution < -0.4 is 0 Å². The van der Waals surface area contributed by atoms with E-state index in [1.165, 1.54) is 0 Å². The molecule has 0 bridgehead atoms. The highest BCUT2D eigenvalue weighted by molar-refractivity contribution is 5.91. The minimum absolute atomic E-state index is 0.129. The molecule has 6 N–H and O–H groups in total. The molecule has 202 valence electrons. The molecule has 2 fully saturated rings. The van der Waals surface area contributed by atoms with Gasteiger partial charge < -0.3 is 49.6 Å². The van der Waals surface area contributed by atoms with Gasteiger partial charge >= 0.3 is 0 Å². The standard InChI is InChI=1S/C24H40O11/c1-11-7-13(25)8-24(3,4)14(11)6-5-12(2)34-23-21(31)19(29)18(28)16(35-23)10-33-22-20(30)17(27)15(26)9-32-22/h7,12,14-23,26-31H,5-6,8-10H2,1-4H3/t12-,14-,15-,16-,17-,18-,19+,20+,21-,22-,23-/m1/s1. The summed E-state index contributed by atoms with van der Waals surface area (Å²) in [6.45, 7) is 7.33. The van der Waals surface area contributed by atoms with Crippen molar-refractivity contribution in [2.24, 2.45) is 11.3 Å². The van der Waals surface area contributed by atoms with Crippen LogP contribution in [0.2, 0.25) is 0 Å². The predicted molar refractivity (Wildman–Crippen MR) is 121 cm³/mol. The number of carbonyl (C=O) groups excluding carboxylic acids is 1. The van der Waals surface area contributed by atoms with Gasteiger partial charge in [0.15, 0.2) is 18.4 Å². The van der Waals surface area contributed by atoms with E-state index in [0.717, 1.165) is 12.0 Å². The fourth-order valence-electron chi connectivity index (χ4n) is 5.19. The van der Waals surface area contributed by atoms with E-state index in [1.807, 2.05) is 13.8 Å². The molecule has 11 nitrogen and oxygen atoms in total. The van der Waals surface area contributed by atoms with Crippen LogP contribution in [0.5, 0.6) is 0 Å². The van der Waals surface area contributed by atoms with E-state index >= 15 is 0 Å². The summed E-state index contributed by atoms with van der Waals surface area (Å²) in [6.07, 6.45) is -9.21. The first kappa shape index (κ1) is 28.6. The first-order chi connectivity index (χ1) is 16.3. The molecule has 0 aromatic rings. The first-order valence-electron chi connectivity index (χ1n) is 12.2. The van der Waals surface area contributed by atoms with E-state index < -0.39 is 55.3 Å². The zero-order valence-electron chi connectivity index (χ0n) is 20.7. The van der Waals surface area contributed by atoms with Crippen LogP contribution in [0.3, 0.4) is 0 Å². The normalized spacial score (nSPS) is 43.0. The number of carbonyl (C=O) groups is 1. The van der Waals surface area contributed by atoms with E-state index in [0.29, 0.717) is 12.8 Å². The third-order valence-corrected chi connectivity index (χ3v) is 7.29. The summed E-state index contributed by atoms with van der Waals surface area (Å²) < 4.78 is 22.1. The van der Waals surface area contributed by atoms with E-state index in [4.69, 9.17) is 18.9 Å². The Morgan fingerprint density at radius 2 is 1.69 bits per heavy atom. The van der Waals surface area contributed by atoms with Gasteiger partial charge in [0.1, 0.15) is 42.7 Å². The van der Waals surface area contributed by atoms with Gasteiger partial charge in [0.2, 0.25) is 0 Å². The zero-order valence-corrected chi connectivity index (χ0v) is 20.7. The van der Waals surface area contributed by atoms with Gasteiger partial charge in [-0.25, -0.2) is 0 Å². The number of allylic oxidation sites excluding steroid dienone is 2. The van der Waals surface area contributed by atoms with Crippen LogP contribution in [-0.4, -0.2) is 111 Å². The summed E-state index contributed by atoms with van der Waals surface area (Å²) >= 11 is 0. The molecule has 0 aromatic carbocycles. The van der Waals surface area contributed by atoms with Gasteiger partial charge in [0.25, 0.3) is 0 Å². The summed E-state index contributed by atoms with van der Waals surface area (Å²) in [5.74, 6) is 0.331. The van der Waals surface area contributed by atoms with Gasteiger partial charge in [-0.05, 0) is 44.1 Å². The first-order valence-corrected chi connectivity index (χ1v) is 12.2. The number of ketones is 1. The number of hydrogen-bond acceptors (Lipinski definition) is 11. The topological polar surface area (TPSA) is 175 Å². The third kappa shape index (κ3) is 6.67. The lowest BCUT2D eigenvalue weighted by atomic mass is 9.66. The molecule has 3 rings (SSSR count). The lowest BCUT2D eigenvalue weighted by Crippen LogP contribution is -2.60. The highest BCUT2D eigenvalue weighted by Gasteiger charge is 2.46. The minimum atomic E-state index is -1.56. The SMILES string of the molecule is CC1=CC(=O)CC(C)(C)[C@@H]1CC[C@@H](C)O[C@@H]1O[C@H](CO[C@H]2OC[C@@H](O)[C@@H](O)[C@@H]2O)[C@@H](O)[C@H](O)[C@H]1O. The summed E-state index contributed by atoms with van der Waals surface area (Å²) in [5.41, 5.74) is 0.863. The average Bonchev–Trinajstić information content (AvgIpc) is 2.76. The van der Waals surface area contributed by atoms with Gasteiger partial charge in [-0.15, -0.1) is 0 Å².